The second-order valence-electron chi connectivity index (χ2n) is 12.9. The third-order valence-corrected chi connectivity index (χ3v) is 8.48. The van der Waals surface area contributed by atoms with Gasteiger partial charge < -0.3 is 19.9 Å². The number of esters is 1. The molecule has 236 valence electrons. The molecule has 2 N–H and O–H groups in total. The molecule has 0 saturated carbocycles. The van der Waals surface area contributed by atoms with Crippen LogP contribution in [-0.2, 0) is 14.3 Å². The summed E-state index contributed by atoms with van der Waals surface area (Å²) < 4.78 is 20.4. The van der Waals surface area contributed by atoms with Crippen LogP contribution >= 0.6 is 0 Å². The Morgan fingerprint density at radius 1 is 0.909 bits per heavy atom. The third kappa shape index (κ3) is 7.93. The molecule has 11 heteroatoms. The molecule has 5 rings (SSSR count). The van der Waals surface area contributed by atoms with Gasteiger partial charge in [0.25, 0.3) is 5.91 Å². The summed E-state index contributed by atoms with van der Waals surface area (Å²) in [7, 11) is 0. The van der Waals surface area contributed by atoms with Crippen LogP contribution in [-0.4, -0.2) is 86.0 Å². The Morgan fingerprint density at radius 3 is 2.16 bits per heavy atom. The van der Waals surface area contributed by atoms with Gasteiger partial charge in [0.15, 0.2) is 0 Å². The van der Waals surface area contributed by atoms with E-state index < -0.39 is 29.3 Å². The van der Waals surface area contributed by atoms with Gasteiger partial charge in [0, 0.05) is 63.6 Å². The molecule has 2 aromatic carbocycles. The van der Waals surface area contributed by atoms with E-state index in [9.17, 15) is 23.6 Å². The number of carbonyl (C=O) groups excluding carboxylic acids is 4. The number of piperazine rings is 1. The van der Waals surface area contributed by atoms with E-state index in [0.717, 1.165) is 70.0 Å². The topological polar surface area (TPSA) is 111 Å². The summed E-state index contributed by atoms with van der Waals surface area (Å²) in [5.41, 5.74) is 1.77. The highest BCUT2D eigenvalue weighted by molar-refractivity contribution is 6.04. The standard InChI is InChI=1S/C33H42FN5O5/c1-33(2,3)44-32(43)23-4-6-24(7-5-23)38-14-12-22(13-15-38)21-37-16-18-39(19-17-37)25-8-9-26(27(34)20-25)30(41)35-28-10-11-29(40)36-31(28)42/h4-9,20,22,28H,10-19,21H2,1-3H3,(H,35,41)(H,36,40,42). The minimum Gasteiger partial charge on any atom is -0.456 e. The Balaban J connectivity index is 1.05. The highest BCUT2D eigenvalue weighted by Crippen LogP contribution is 2.26. The molecular formula is C33H42FN5O5. The number of rotatable bonds is 7. The lowest BCUT2D eigenvalue weighted by Crippen LogP contribution is -2.52. The highest BCUT2D eigenvalue weighted by Gasteiger charge is 2.29. The lowest BCUT2D eigenvalue weighted by molar-refractivity contribution is -0.134. The number of ether oxygens (including phenoxy) is 1. The van der Waals surface area contributed by atoms with E-state index in [2.05, 4.69) is 25.3 Å². The van der Waals surface area contributed by atoms with Crippen molar-refractivity contribution in [2.24, 2.45) is 5.92 Å². The summed E-state index contributed by atoms with van der Waals surface area (Å²) in [5, 5.41) is 4.72. The normalized spacial score (nSPS) is 20.3. The first kappa shape index (κ1) is 31.4. The van der Waals surface area contributed by atoms with E-state index in [1.807, 2.05) is 45.0 Å². The lowest BCUT2D eigenvalue weighted by atomic mass is 9.95. The third-order valence-electron chi connectivity index (χ3n) is 8.48. The monoisotopic (exact) mass is 607 g/mol. The summed E-state index contributed by atoms with van der Waals surface area (Å²) in [4.78, 5) is 55.2. The molecule has 3 aliphatic heterocycles. The van der Waals surface area contributed by atoms with Gasteiger partial charge in [-0.15, -0.1) is 0 Å². The van der Waals surface area contributed by atoms with Crippen molar-refractivity contribution in [2.75, 3.05) is 55.6 Å². The molecule has 3 heterocycles. The molecule has 0 spiro atoms. The quantitative estimate of drug-likeness (QED) is 0.364. The number of amides is 3. The summed E-state index contributed by atoms with van der Waals surface area (Å²) in [5.74, 6) is -1.94. The molecule has 3 saturated heterocycles. The van der Waals surface area contributed by atoms with Crippen molar-refractivity contribution in [3.8, 4) is 0 Å². The maximum absolute atomic E-state index is 14.9. The van der Waals surface area contributed by atoms with Crippen LogP contribution in [0.5, 0.6) is 0 Å². The number of nitrogens with one attached hydrogen (secondary N) is 2. The fourth-order valence-corrected chi connectivity index (χ4v) is 6.03. The smallest absolute Gasteiger partial charge is 0.338 e. The van der Waals surface area contributed by atoms with E-state index in [4.69, 9.17) is 4.74 Å². The molecule has 2 aromatic rings. The van der Waals surface area contributed by atoms with Crippen LogP contribution < -0.4 is 20.4 Å². The van der Waals surface area contributed by atoms with Gasteiger partial charge in [0.05, 0.1) is 11.1 Å². The fourth-order valence-electron chi connectivity index (χ4n) is 6.03. The van der Waals surface area contributed by atoms with Gasteiger partial charge in [-0.1, -0.05) is 0 Å². The number of benzene rings is 2. The van der Waals surface area contributed by atoms with Crippen molar-refractivity contribution in [2.45, 2.75) is 58.1 Å². The Kier molecular flexibility index (Phi) is 9.53. The maximum atomic E-state index is 14.9. The molecule has 0 radical (unpaired) electrons. The van der Waals surface area contributed by atoms with Crippen LogP contribution in [0.15, 0.2) is 42.5 Å². The average molecular weight is 608 g/mol. The van der Waals surface area contributed by atoms with Crippen LogP contribution in [0.3, 0.4) is 0 Å². The number of hydrogen-bond donors (Lipinski definition) is 2. The van der Waals surface area contributed by atoms with Gasteiger partial charge in [-0.05, 0) is 88.4 Å². The van der Waals surface area contributed by atoms with Gasteiger partial charge in [-0.3, -0.25) is 24.6 Å². The number of imide groups is 1. The van der Waals surface area contributed by atoms with Crippen LogP contribution in [0.2, 0.25) is 0 Å². The first-order valence-electron chi connectivity index (χ1n) is 15.4. The van der Waals surface area contributed by atoms with Crippen LogP contribution in [0.1, 0.15) is 67.2 Å². The number of hydrogen-bond acceptors (Lipinski definition) is 8. The molecule has 10 nitrogen and oxygen atoms in total. The molecule has 0 aromatic heterocycles. The number of halogens is 1. The second-order valence-corrected chi connectivity index (χ2v) is 12.9. The van der Waals surface area contributed by atoms with E-state index >= 15 is 0 Å². The molecule has 3 aliphatic rings. The number of nitrogens with zero attached hydrogens (tertiary/aromatic N) is 3. The minimum absolute atomic E-state index is 0.123. The largest absolute Gasteiger partial charge is 0.456 e. The van der Waals surface area contributed by atoms with Gasteiger partial charge in [-0.2, -0.15) is 0 Å². The van der Waals surface area contributed by atoms with Gasteiger partial charge >= 0.3 is 5.97 Å². The highest BCUT2D eigenvalue weighted by atomic mass is 19.1. The minimum atomic E-state index is -0.850. The van der Waals surface area contributed by atoms with Crippen molar-refractivity contribution in [3.05, 3.63) is 59.4 Å². The molecule has 3 fully saturated rings. The summed E-state index contributed by atoms with van der Waals surface area (Å²) in [6.07, 6.45) is 2.53. The molecular weight excluding hydrogens is 565 g/mol. The van der Waals surface area contributed by atoms with Crippen molar-refractivity contribution in [1.82, 2.24) is 15.5 Å². The molecule has 1 unspecified atom stereocenters. The van der Waals surface area contributed by atoms with E-state index in [1.165, 1.54) is 12.1 Å². The SMILES string of the molecule is CC(C)(C)OC(=O)c1ccc(N2CCC(CN3CCN(c4ccc(C(=O)NC5CCC(=O)NC5=O)c(F)c4)CC3)CC2)cc1. The Labute approximate surface area is 257 Å². The predicted octanol–water partition coefficient (Wildman–Crippen LogP) is 3.35. The fraction of sp³-hybridized carbons (Fsp3) is 0.515. The number of piperidine rings is 2. The van der Waals surface area contributed by atoms with Crippen LogP contribution in [0, 0.1) is 11.7 Å². The summed E-state index contributed by atoms with van der Waals surface area (Å²) in [6.45, 7) is 11.9. The molecule has 1 atom stereocenters. The lowest BCUT2D eigenvalue weighted by Gasteiger charge is -2.40. The zero-order valence-corrected chi connectivity index (χ0v) is 25.7. The van der Waals surface area contributed by atoms with Gasteiger partial charge in [0.1, 0.15) is 17.5 Å². The van der Waals surface area contributed by atoms with Gasteiger partial charge in [-0.25, -0.2) is 9.18 Å². The molecule has 44 heavy (non-hydrogen) atoms. The zero-order valence-electron chi connectivity index (χ0n) is 25.7. The maximum Gasteiger partial charge on any atom is 0.338 e. The Morgan fingerprint density at radius 2 is 1.55 bits per heavy atom. The predicted molar refractivity (Wildman–Crippen MR) is 165 cm³/mol. The Hall–Kier alpha value is -3.99. The Bertz CT molecular complexity index is 1380. The summed E-state index contributed by atoms with van der Waals surface area (Å²) >= 11 is 0. The van der Waals surface area contributed by atoms with Crippen molar-refractivity contribution in [1.29, 1.82) is 0 Å². The zero-order chi connectivity index (χ0) is 31.4. The van der Waals surface area contributed by atoms with E-state index in [0.29, 0.717) is 11.5 Å². The van der Waals surface area contributed by atoms with E-state index in [-0.39, 0.29) is 30.3 Å². The first-order valence-corrected chi connectivity index (χ1v) is 15.4. The number of carbonyl (C=O) groups is 4. The second kappa shape index (κ2) is 13.3. The summed E-state index contributed by atoms with van der Waals surface area (Å²) in [6, 6.07) is 11.4. The average Bonchev–Trinajstić information content (AvgIpc) is 2.98. The van der Waals surface area contributed by atoms with E-state index in [1.54, 1.807) is 6.07 Å². The molecule has 3 amide bonds. The molecule has 0 bridgehead atoms. The van der Waals surface area contributed by atoms with Crippen molar-refractivity contribution < 1.29 is 28.3 Å². The molecule has 0 aliphatic carbocycles. The van der Waals surface area contributed by atoms with Crippen molar-refractivity contribution >= 4 is 35.1 Å². The van der Waals surface area contributed by atoms with Crippen LogP contribution in [0.4, 0.5) is 15.8 Å². The number of anilines is 2. The van der Waals surface area contributed by atoms with Crippen molar-refractivity contribution in [3.63, 3.8) is 0 Å². The van der Waals surface area contributed by atoms with Crippen LogP contribution in [0.25, 0.3) is 0 Å². The first-order chi connectivity index (χ1) is 20.9. The van der Waals surface area contributed by atoms with Gasteiger partial charge in [0.2, 0.25) is 11.8 Å².